The minimum atomic E-state index is -0.000441. The molecule has 124 valence electrons. The molecule has 1 saturated heterocycles. The Labute approximate surface area is 144 Å². The number of rotatable bonds is 6. The van der Waals surface area contributed by atoms with E-state index >= 15 is 0 Å². The van der Waals surface area contributed by atoms with Crippen LogP contribution in [0, 0.1) is 0 Å². The van der Waals surface area contributed by atoms with Crippen LogP contribution in [-0.4, -0.2) is 41.8 Å². The lowest BCUT2D eigenvalue weighted by atomic mass is 10.3. The molecule has 3 rings (SSSR count). The Morgan fingerprint density at radius 2 is 2.17 bits per heavy atom. The predicted octanol–water partition coefficient (Wildman–Crippen LogP) is 3.54. The van der Waals surface area contributed by atoms with E-state index in [4.69, 9.17) is 4.98 Å². The van der Waals surface area contributed by atoms with Crippen LogP contribution < -0.4 is 10.2 Å². The van der Waals surface area contributed by atoms with Gasteiger partial charge >= 0.3 is 0 Å². The summed E-state index contributed by atoms with van der Waals surface area (Å²) in [6.07, 6.45) is 6.48. The molecule has 2 aromatic heterocycles. The normalized spacial score (nSPS) is 14.6. The summed E-state index contributed by atoms with van der Waals surface area (Å²) in [7, 11) is 0. The van der Waals surface area contributed by atoms with Gasteiger partial charge in [-0.1, -0.05) is 25.1 Å². The molecular formula is C16H22N4OS2. The fraction of sp³-hybridized carbons (Fsp3) is 0.562. The average Bonchev–Trinajstić information content (AvgIpc) is 3.23. The number of hydrogen-bond acceptors (Lipinski definition) is 6. The first-order valence-electron chi connectivity index (χ1n) is 8.11. The van der Waals surface area contributed by atoms with Gasteiger partial charge in [-0.3, -0.25) is 4.79 Å². The number of thioether (sulfide) groups is 1. The number of amides is 1. The molecule has 1 amide bonds. The van der Waals surface area contributed by atoms with Crippen LogP contribution in [0.25, 0.3) is 10.2 Å². The number of unbranched alkanes of at least 4 members (excludes halogenated alkanes) is 1. The highest BCUT2D eigenvalue weighted by Crippen LogP contribution is 2.34. The SMILES string of the molecule is CCCCNC(=O)c1cc2c(N3CCCC3)nc(SC)nc2s1. The van der Waals surface area contributed by atoms with Gasteiger partial charge in [0.1, 0.15) is 10.6 Å². The maximum Gasteiger partial charge on any atom is 0.261 e. The summed E-state index contributed by atoms with van der Waals surface area (Å²) in [5.74, 6) is 0.986. The first kappa shape index (κ1) is 16.5. The maximum atomic E-state index is 12.3. The molecule has 3 heterocycles. The lowest BCUT2D eigenvalue weighted by Crippen LogP contribution is -2.23. The van der Waals surface area contributed by atoms with Crippen molar-refractivity contribution in [3.8, 4) is 0 Å². The zero-order valence-electron chi connectivity index (χ0n) is 13.6. The van der Waals surface area contributed by atoms with Crippen LogP contribution >= 0.6 is 23.1 Å². The second-order valence-electron chi connectivity index (χ2n) is 5.67. The number of thiophene rings is 1. The summed E-state index contributed by atoms with van der Waals surface area (Å²) in [6, 6.07) is 1.96. The van der Waals surface area contributed by atoms with Crippen molar-refractivity contribution in [2.45, 2.75) is 37.8 Å². The van der Waals surface area contributed by atoms with E-state index < -0.39 is 0 Å². The van der Waals surface area contributed by atoms with Crippen LogP contribution in [0.2, 0.25) is 0 Å². The number of nitrogens with one attached hydrogen (secondary N) is 1. The van der Waals surface area contributed by atoms with E-state index in [1.54, 1.807) is 11.8 Å². The molecule has 7 heteroatoms. The molecule has 0 aliphatic carbocycles. The van der Waals surface area contributed by atoms with E-state index in [2.05, 4.69) is 22.1 Å². The van der Waals surface area contributed by atoms with Crippen molar-refractivity contribution in [3.05, 3.63) is 10.9 Å². The Morgan fingerprint density at radius 1 is 1.39 bits per heavy atom. The van der Waals surface area contributed by atoms with Gasteiger partial charge in [-0.15, -0.1) is 11.3 Å². The highest BCUT2D eigenvalue weighted by atomic mass is 32.2. The van der Waals surface area contributed by atoms with Crippen LogP contribution in [0.3, 0.4) is 0 Å². The van der Waals surface area contributed by atoms with Gasteiger partial charge < -0.3 is 10.2 Å². The quantitative estimate of drug-likeness (QED) is 0.490. The van der Waals surface area contributed by atoms with Gasteiger partial charge in [-0.2, -0.15) is 0 Å². The summed E-state index contributed by atoms with van der Waals surface area (Å²) in [5, 5.41) is 4.77. The van der Waals surface area contributed by atoms with E-state index in [1.807, 2.05) is 12.3 Å². The molecule has 0 radical (unpaired) electrons. The number of aromatic nitrogens is 2. The van der Waals surface area contributed by atoms with Crippen molar-refractivity contribution in [1.82, 2.24) is 15.3 Å². The molecule has 5 nitrogen and oxygen atoms in total. The molecule has 0 spiro atoms. The summed E-state index contributed by atoms with van der Waals surface area (Å²) < 4.78 is 0. The van der Waals surface area contributed by atoms with Gasteiger partial charge in [-0.25, -0.2) is 9.97 Å². The molecule has 1 aliphatic rings. The molecule has 23 heavy (non-hydrogen) atoms. The summed E-state index contributed by atoms with van der Waals surface area (Å²) in [5.41, 5.74) is 0. The molecule has 0 aromatic carbocycles. The zero-order chi connectivity index (χ0) is 16.2. The van der Waals surface area contributed by atoms with Crippen LogP contribution in [0.1, 0.15) is 42.3 Å². The monoisotopic (exact) mass is 350 g/mol. The Balaban J connectivity index is 1.93. The van der Waals surface area contributed by atoms with Gasteiger partial charge in [-0.05, 0) is 31.6 Å². The molecule has 1 fully saturated rings. The molecular weight excluding hydrogens is 328 g/mol. The van der Waals surface area contributed by atoms with Gasteiger partial charge in [0.25, 0.3) is 5.91 Å². The molecule has 0 saturated carbocycles. The van der Waals surface area contributed by atoms with Crippen molar-refractivity contribution in [2.75, 3.05) is 30.8 Å². The second kappa shape index (κ2) is 7.49. The topological polar surface area (TPSA) is 58.1 Å². The summed E-state index contributed by atoms with van der Waals surface area (Å²) >= 11 is 3.01. The van der Waals surface area contributed by atoms with Crippen molar-refractivity contribution < 1.29 is 4.79 Å². The fourth-order valence-corrected chi connectivity index (χ4v) is 4.09. The number of fused-ring (bicyclic) bond motifs is 1. The third kappa shape index (κ3) is 3.61. The van der Waals surface area contributed by atoms with Crippen LogP contribution in [0.15, 0.2) is 11.2 Å². The third-order valence-corrected chi connectivity index (χ3v) is 5.56. The van der Waals surface area contributed by atoms with Crippen LogP contribution in [0.4, 0.5) is 5.82 Å². The third-order valence-electron chi connectivity index (χ3n) is 3.98. The van der Waals surface area contributed by atoms with Crippen molar-refractivity contribution in [3.63, 3.8) is 0 Å². The van der Waals surface area contributed by atoms with E-state index in [1.165, 1.54) is 24.2 Å². The second-order valence-corrected chi connectivity index (χ2v) is 7.47. The highest BCUT2D eigenvalue weighted by Gasteiger charge is 2.21. The number of anilines is 1. The van der Waals surface area contributed by atoms with Gasteiger partial charge in [0.05, 0.1) is 10.3 Å². The lowest BCUT2D eigenvalue weighted by molar-refractivity contribution is 0.0957. The molecule has 0 atom stereocenters. The standard InChI is InChI=1S/C16H22N4OS2/c1-3-4-7-17-14(21)12-10-11-13(20-8-5-6-9-20)18-16(22-2)19-15(11)23-12/h10H,3-9H2,1-2H3,(H,17,21). The molecule has 0 bridgehead atoms. The van der Waals surface area contributed by atoms with Gasteiger partial charge in [0, 0.05) is 19.6 Å². The Kier molecular flexibility index (Phi) is 5.38. The van der Waals surface area contributed by atoms with Crippen molar-refractivity contribution >= 4 is 45.0 Å². The average molecular weight is 351 g/mol. The van der Waals surface area contributed by atoms with E-state index in [0.29, 0.717) is 0 Å². The Morgan fingerprint density at radius 3 is 2.87 bits per heavy atom. The van der Waals surface area contributed by atoms with Gasteiger partial charge in [0.15, 0.2) is 5.16 Å². The first-order valence-corrected chi connectivity index (χ1v) is 10.2. The van der Waals surface area contributed by atoms with Crippen LogP contribution in [0.5, 0.6) is 0 Å². The lowest BCUT2D eigenvalue weighted by Gasteiger charge is -2.17. The van der Waals surface area contributed by atoms with E-state index in [0.717, 1.165) is 58.5 Å². The number of nitrogens with zero attached hydrogens (tertiary/aromatic N) is 3. The summed E-state index contributed by atoms with van der Waals surface area (Å²) in [4.78, 5) is 25.5. The molecule has 1 N–H and O–H groups in total. The zero-order valence-corrected chi connectivity index (χ0v) is 15.2. The Hall–Kier alpha value is -1.34. The van der Waals surface area contributed by atoms with E-state index in [9.17, 15) is 4.79 Å². The van der Waals surface area contributed by atoms with E-state index in [-0.39, 0.29) is 5.91 Å². The van der Waals surface area contributed by atoms with Gasteiger partial charge in [0.2, 0.25) is 0 Å². The predicted molar refractivity (Wildman–Crippen MR) is 97.9 cm³/mol. The number of carbonyl (C=O) groups is 1. The largest absolute Gasteiger partial charge is 0.356 e. The first-order chi connectivity index (χ1) is 11.2. The number of hydrogen-bond donors (Lipinski definition) is 1. The molecule has 2 aromatic rings. The Bertz CT molecular complexity index is 695. The number of carbonyl (C=O) groups excluding carboxylic acids is 1. The smallest absolute Gasteiger partial charge is 0.261 e. The van der Waals surface area contributed by atoms with Crippen molar-refractivity contribution in [2.24, 2.45) is 0 Å². The fourth-order valence-electron chi connectivity index (χ4n) is 2.73. The minimum absolute atomic E-state index is 0.000441. The molecule has 0 unspecified atom stereocenters. The maximum absolute atomic E-state index is 12.3. The van der Waals surface area contributed by atoms with Crippen LogP contribution in [-0.2, 0) is 0 Å². The molecule has 1 aliphatic heterocycles. The summed E-state index contributed by atoms with van der Waals surface area (Å²) in [6.45, 7) is 4.92. The minimum Gasteiger partial charge on any atom is -0.356 e. The highest BCUT2D eigenvalue weighted by molar-refractivity contribution is 7.98. The van der Waals surface area contributed by atoms with Crippen molar-refractivity contribution in [1.29, 1.82) is 0 Å².